The Labute approximate surface area is 158 Å². The van der Waals surface area contributed by atoms with Gasteiger partial charge in [-0.25, -0.2) is 4.98 Å². The molecule has 0 radical (unpaired) electrons. The summed E-state index contributed by atoms with van der Waals surface area (Å²) >= 11 is 0. The van der Waals surface area contributed by atoms with Crippen molar-refractivity contribution in [2.75, 3.05) is 0 Å². The molecule has 4 nitrogen and oxygen atoms in total. The highest BCUT2D eigenvalue weighted by Gasteiger charge is 2.17. The maximum Gasteiger partial charge on any atom is 0.252 e. The van der Waals surface area contributed by atoms with Gasteiger partial charge in [-0.2, -0.15) is 0 Å². The number of H-pyrrole nitrogens is 1. The zero-order valence-corrected chi connectivity index (χ0v) is 15.1. The van der Waals surface area contributed by atoms with Crippen LogP contribution < -0.4 is 5.32 Å². The molecule has 4 rings (SSSR count). The van der Waals surface area contributed by atoms with Crippen LogP contribution in [0.3, 0.4) is 0 Å². The molecule has 0 aliphatic rings. The molecule has 1 amide bonds. The Morgan fingerprint density at radius 2 is 1.67 bits per heavy atom. The number of benzene rings is 3. The molecule has 0 fully saturated rings. The van der Waals surface area contributed by atoms with Gasteiger partial charge in [0.25, 0.3) is 5.91 Å². The van der Waals surface area contributed by atoms with Gasteiger partial charge in [-0.1, -0.05) is 60.7 Å². The minimum absolute atomic E-state index is 0.0884. The number of carbonyl (C=O) groups is 1. The van der Waals surface area contributed by atoms with Crippen molar-refractivity contribution in [3.63, 3.8) is 0 Å². The van der Waals surface area contributed by atoms with E-state index in [4.69, 9.17) is 0 Å². The minimum atomic E-state index is -0.213. The van der Waals surface area contributed by atoms with E-state index in [0.29, 0.717) is 5.56 Å². The number of nitrogens with zero attached hydrogens (tertiary/aromatic N) is 1. The molecule has 1 unspecified atom stereocenters. The number of rotatable bonds is 5. The van der Waals surface area contributed by atoms with Crippen molar-refractivity contribution in [2.24, 2.45) is 0 Å². The zero-order chi connectivity index (χ0) is 18.6. The third-order valence-electron chi connectivity index (χ3n) is 4.66. The molecule has 134 valence electrons. The monoisotopic (exact) mass is 355 g/mol. The molecule has 0 saturated carbocycles. The van der Waals surface area contributed by atoms with Crippen LogP contribution in [0.25, 0.3) is 11.0 Å². The first-order chi connectivity index (χ1) is 13.2. The summed E-state index contributed by atoms with van der Waals surface area (Å²) in [5.74, 6) is 0.666. The van der Waals surface area contributed by atoms with Crippen molar-refractivity contribution in [3.8, 4) is 0 Å². The van der Waals surface area contributed by atoms with Gasteiger partial charge in [-0.05, 0) is 42.7 Å². The van der Waals surface area contributed by atoms with Crippen LogP contribution in [0.1, 0.15) is 40.3 Å². The van der Waals surface area contributed by atoms with Crippen LogP contribution in [0.2, 0.25) is 0 Å². The summed E-state index contributed by atoms with van der Waals surface area (Å²) in [6.45, 7) is 1.94. The highest BCUT2D eigenvalue weighted by atomic mass is 16.1. The Morgan fingerprint density at radius 3 is 2.48 bits per heavy atom. The molecule has 3 aromatic carbocycles. The van der Waals surface area contributed by atoms with E-state index >= 15 is 0 Å². The van der Waals surface area contributed by atoms with Gasteiger partial charge in [0.05, 0.1) is 17.1 Å². The maximum absolute atomic E-state index is 12.9. The number of para-hydroxylation sites is 2. The molecule has 1 heterocycles. The van der Waals surface area contributed by atoms with E-state index in [1.54, 1.807) is 0 Å². The van der Waals surface area contributed by atoms with Crippen molar-refractivity contribution in [3.05, 3.63) is 101 Å². The van der Waals surface area contributed by atoms with Gasteiger partial charge in [0.15, 0.2) is 0 Å². The second-order valence-electron chi connectivity index (χ2n) is 6.65. The van der Waals surface area contributed by atoms with Gasteiger partial charge in [-0.15, -0.1) is 0 Å². The first-order valence-electron chi connectivity index (χ1n) is 9.08. The smallest absolute Gasteiger partial charge is 0.252 e. The zero-order valence-electron chi connectivity index (χ0n) is 15.1. The topological polar surface area (TPSA) is 57.8 Å². The molecular formula is C23H21N3O. The number of fused-ring (bicyclic) bond motifs is 1. The summed E-state index contributed by atoms with van der Waals surface area (Å²) in [7, 11) is 0. The van der Waals surface area contributed by atoms with E-state index in [9.17, 15) is 4.79 Å². The summed E-state index contributed by atoms with van der Waals surface area (Å²) in [6, 6.07) is 25.6. The van der Waals surface area contributed by atoms with E-state index in [2.05, 4.69) is 27.4 Å². The lowest BCUT2D eigenvalue weighted by atomic mass is 9.99. The van der Waals surface area contributed by atoms with E-state index in [-0.39, 0.29) is 11.9 Å². The summed E-state index contributed by atoms with van der Waals surface area (Å²) < 4.78 is 0. The fourth-order valence-electron chi connectivity index (χ4n) is 3.23. The third-order valence-corrected chi connectivity index (χ3v) is 4.66. The van der Waals surface area contributed by atoms with Gasteiger partial charge < -0.3 is 10.3 Å². The molecule has 1 aromatic heterocycles. The van der Waals surface area contributed by atoms with Gasteiger partial charge in [0.1, 0.15) is 5.82 Å². The fourth-order valence-corrected chi connectivity index (χ4v) is 3.23. The Bertz CT molecular complexity index is 1040. The van der Waals surface area contributed by atoms with Crippen molar-refractivity contribution < 1.29 is 4.79 Å². The predicted octanol–water partition coefficient (Wildman–Crippen LogP) is 4.64. The standard InChI is InChI=1S/C23H21N3O/c1-16(22-25-20-13-7-8-14-21(20)26-22)24-23(27)19-12-6-5-11-18(19)15-17-9-3-2-4-10-17/h2-14,16H,15H2,1H3,(H,24,27)(H,25,26). The number of hydrogen-bond acceptors (Lipinski definition) is 2. The molecule has 2 N–H and O–H groups in total. The number of amides is 1. The Morgan fingerprint density at radius 1 is 0.963 bits per heavy atom. The number of carbonyl (C=O) groups excluding carboxylic acids is 1. The van der Waals surface area contributed by atoms with Gasteiger partial charge in [0, 0.05) is 5.56 Å². The maximum atomic E-state index is 12.9. The Hall–Kier alpha value is -3.40. The molecule has 0 spiro atoms. The SMILES string of the molecule is CC(NC(=O)c1ccccc1Cc1ccccc1)c1nc2ccccc2[nH]1. The van der Waals surface area contributed by atoms with E-state index in [1.165, 1.54) is 5.56 Å². The van der Waals surface area contributed by atoms with Crippen molar-refractivity contribution in [1.82, 2.24) is 15.3 Å². The minimum Gasteiger partial charge on any atom is -0.342 e. The summed E-state index contributed by atoms with van der Waals surface area (Å²) in [4.78, 5) is 20.8. The lowest BCUT2D eigenvalue weighted by Crippen LogP contribution is -2.28. The second kappa shape index (κ2) is 7.46. The number of aromatic nitrogens is 2. The summed E-state index contributed by atoms with van der Waals surface area (Å²) in [6.07, 6.45) is 0.726. The highest BCUT2D eigenvalue weighted by molar-refractivity contribution is 5.96. The second-order valence-corrected chi connectivity index (χ2v) is 6.65. The van der Waals surface area contributed by atoms with E-state index in [0.717, 1.165) is 28.8 Å². The number of aromatic amines is 1. The molecule has 1 atom stereocenters. The first kappa shape index (κ1) is 17.0. The molecule has 0 aliphatic carbocycles. The Kier molecular flexibility index (Phi) is 4.71. The quantitative estimate of drug-likeness (QED) is 0.548. The Balaban J connectivity index is 1.54. The lowest BCUT2D eigenvalue weighted by molar-refractivity contribution is 0.0937. The molecule has 0 aliphatic heterocycles. The fraction of sp³-hybridized carbons (Fsp3) is 0.130. The number of nitrogens with one attached hydrogen (secondary N) is 2. The normalized spacial score (nSPS) is 12.0. The van der Waals surface area contributed by atoms with Crippen molar-refractivity contribution in [1.29, 1.82) is 0 Å². The van der Waals surface area contributed by atoms with Gasteiger partial charge in [-0.3, -0.25) is 4.79 Å². The van der Waals surface area contributed by atoms with E-state index in [1.807, 2.05) is 73.7 Å². The highest BCUT2D eigenvalue weighted by Crippen LogP contribution is 2.18. The van der Waals surface area contributed by atoms with Crippen LogP contribution in [0.5, 0.6) is 0 Å². The van der Waals surface area contributed by atoms with Crippen LogP contribution in [-0.4, -0.2) is 15.9 Å². The van der Waals surface area contributed by atoms with Crippen molar-refractivity contribution >= 4 is 16.9 Å². The lowest BCUT2D eigenvalue weighted by Gasteiger charge is -2.14. The molecule has 0 bridgehead atoms. The number of imidazole rings is 1. The average Bonchev–Trinajstić information content (AvgIpc) is 3.13. The summed E-state index contributed by atoms with van der Waals surface area (Å²) in [5.41, 5.74) is 4.77. The molecule has 4 aromatic rings. The van der Waals surface area contributed by atoms with Crippen molar-refractivity contribution in [2.45, 2.75) is 19.4 Å². The molecule has 4 heteroatoms. The van der Waals surface area contributed by atoms with Gasteiger partial charge >= 0.3 is 0 Å². The predicted molar refractivity (Wildman–Crippen MR) is 108 cm³/mol. The average molecular weight is 355 g/mol. The van der Waals surface area contributed by atoms with Crippen LogP contribution in [-0.2, 0) is 6.42 Å². The van der Waals surface area contributed by atoms with Crippen LogP contribution >= 0.6 is 0 Å². The van der Waals surface area contributed by atoms with Crippen LogP contribution in [0.15, 0.2) is 78.9 Å². The summed E-state index contributed by atoms with van der Waals surface area (Å²) in [5, 5.41) is 3.07. The van der Waals surface area contributed by atoms with Crippen LogP contribution in [0, 0.1) is 0 Å². The largest absolute Gasteiger partial charge is 0.342 e. The van der Waals surface area contributed by atoms with E-state index < -0.39 is 0 Å². The first-order valence-corrected chi connectivity index (χ1v) is 9.08. The van der Waals surface area contributed by atoms with Crippen LogP contribution in [0.4, 0.5) is 0 Å². The molecule has 0 saturated heterocycles. The molecular weight excluding hydrogens is 334 g/mol. The molecule has 27 heavy (non-hydrogen) atoms. The third kappa shape index (κ3) is 3.75. The number of hydrogen-bond donors (Lipinski definition) is 2. The van der Waals surface area contributed by atoms with Gasteiger partial charge in [0.2, 0.25) is 0 Å².